The average Bonchev–Trinajstić information content (AvgIpc) is 2.96. The quantitative estimate of drug-likeness (QED) is 0.930. The van der Waals surface area contributed by atoms with Crippen molar-refractivity contribution in [1.29, 1.82) is 0 Å². The van der Waals surface area contributed by atoms with Gasteiger partial charge in [0.1, 0.15) is 5.75 Å². The summed E-state index contributed by atoms with van der Waals surface area (Å²) >= 11 is 2.01. The molecule has 21 heavy (non-hydrogen) atoms. The third kappa shape index (κ3) is 2.68. The number of thioether (sulfide) groups is 1. The zero-order chi connectivity index (χ0) is 14.1. The summed E-state index contributed by atoms with van der Waals surface area (Å²) < 4.78 is 5.73. The second-order valence-corrected chi connectivity index (χ2v) is 7.03. The van der Waals surface area contributed by atoms with Gasteiger partial charge in [0.25, 0.3) is 0 Å². The fourth-order valence-corrected chi connectivity index (χ4v) is 4.46. The standard InChI is InChI=1S/C18H19NOS/c1-4-8-18-13(5-1)11-14(21-18)12-19-16-9-10-20-17-7-3-2-6-15(16)17/h1-8,14,16,19H,9-12H2. The van der Waals surface area contributed by atoms with E-state index in [2.05, 4.69) is 47.8 Å². The summed E-state index contributed by atoms with van der Waals surface area (Å²) in [5, 5.41) is 4.40. The minimum atomic E-state index is 0.430. The van der Waals surface area contributed by atoms with E-state index < -0.39 is 0 Å². The van der Waals surface area contributed by atoms with Gasteiger partial charge in [-0.15, -0.1) is 11.8 Å². The molecule has 0 aromatic heterocycles. The number of ether oxygens (including phenoxy) is 1. The molecule has 0 bridgehead atoms. The minimum absolute atomic E-state index is 0.430. The molecule has 3 heteroatoms. The highest BCUT2D eigenvalue weighted by atomic mass is 32.2. The van der Waals surface area contributed by atoms with E-state index in [0.717, 1.165) is 25.3 Å². The van der Waals surface area contributed by atoms with Gasteiger partial charge >= 0.3 is 0 Å². The summed E-state index contributed by atoms with van der Waals surface area (Å²) in [6.07, 6.45) is 2.24. The average molecular weight is 297 g/mol. The summed E-state index contributed by atoms with van der Waals surface area (Å²) in [7, 11) is 0. The lowest BCUT2D eigenvalue weighted by atomic mass is 10.0. The lowest BCUT2D eigenvalue weighted by Crippen LogP contribution is -2.32. The Morgan fingerprint density at radius 2 is 1.95 bits per heavy atom. The molecule has 2 atom stereocenters. The zero-order valence-corrected chi connectivity index (χ0v) is 12.7. The number of para-hydroxylation sites is 1. The van der Waals surface area contributed by atoms with E-state index in [0.29, 0.717) is 11.3 Å². The van der Waals surface area contributed by atoms with Crippen molar-refractivity contribution >= 4 is 11.8 Å². The molecule has 0 fully saturated rings. The molecule has 108 valence electrons. The van der Waals surface area contributed by atoms with Crippen LogP contribution in [-0.4, -0.2) is 18.4 Å². The predicted molar refractivity (Wildman–Crippen MR) is 87.1 cm³/mol. The number of nitrogens with one attached hydrogen (secondary N) is 1. The first-order chi connectivity index (χ1) is 10.4. The van der Waals surface area contributed by atoms with Gasteiger partial charge in [-0.2, -0.15) is 0 Å². The van der Waals surface area contributed by atoms with Crippen molar-refractivity contribution < 1.29 is 4.74 Å². The number of hydrogen-bond acceptors (Lipinski definition) is 3. The molecule has 2 aromatic rings. The first-order valence-electron chi connectivity index (χ1n) is 7.60. The molecule has 0 saturated heterocycles. The van der Waals surface area contributed by atoms with Crippen LogP contribution in [-0.2, 0) is 6.42 Å². The summed E-state index contributed by atoms with van der Waals surface area (Å²) in [6, 6.07) is 17.6. The highest BCUT2D eigenvalue weighted by Crippen LogP contribution is 2.37. The van der Waals surface area contributed by atoms with Gasteiger partial charge in [0.15, 0.2) is 0 Å². The molecule has 2 aliphatic heterocycles. The van der Waals surface area contributed by atoms with Crippen LogP contribution in [0.3, 0.4) is 0 Å². The van der Waals surface area contributed by atoms with Gasteiger partial charge in [0, 0.05) is 34.7 Å². The van der Waals surface area contributed by atoms with Crippen molar-refractivity contribution in [3.63, 3.8) is 0 Å². The van der Waals surface area contributed by atoms with Crippen LogP contribution in [0.15, 0.2) is 53.4 Å². The number of hydrogen-bond donors (Lipinski definition) is 1. The number of fused-ring (bicyclic) bond motifs is 2. The molecule has 2 nitrogen and oxygen atoms in total. The molecule has 0 amide bonds. The van der Waals surface area contributed by atoms with Gasteiger partial charge in [-0.1, -0.05) is 36.4 Å². The van der Waals surface area contributed by atoms with Crippen molar-refractivity contribution in [3.05, 3.63) is 59.7 Å². The maximum Gasteiger partial charge on any atom is 0.124 e. The Kier molecular flexibility index (Phi) is 3.62. The van der Waals surface area contributed by atoms with E-state index in [1.165, 1.54) is 22.4 Å². The lowest BCUT2D eigenvalue weighted by Gasteiger charge is -2.27. The SMILES string of the molecule is c1ccc2c(c1)CC(CNC1CCOc3ccccc31)S2. The van der Waals surface area contributed by atoms with Crippen molar-refractivity contribution in [1.82, 2.24) is 5.32 Å². The van der Waals surface area contributed by atoms with Crippen LogP contribution in [0.5, 0.6) is 5.75 Å². The zero-order valence-electron chi connectivity index (χ0n) is 11.9. The van der Waals surface area contributed by atoms with E-state index in [4.69, 9.17) is 4.74 Å². The molecule has 2 unspecified atom stereocenters. The second kappa shape index (κ2) is 5.74. The third-order valence-corrected chi connectivity index (χ3v) is 5.58. The topological polar surface area (TPSA) is 21.3 Å². The first-order valence-corrected chi connectivity index (χ1v) is 8.48. The molecule has 0 radical (unpaired) electrons. The van der Waals surface area contributed by atoms with Gasteiger partial charge in [-0.25, -0.2) is 0 Å². The van der Waals surface area contributed by atoms with Gasteiger partial charge < -0.3 is 10.1 Å². The van der Waals surface area contributed by atoms with E-state index in [-0.39, 0.29) is 0 Å². The molecule has 0 aliphatic carbocycles. The highest BCUT2D eigenvalue weighted by Gasteiger charge is 2.25. The maximum absolute atomic E-state index is 5.73. The molecule has 0 saturated carbocycles. The van der Waals surface area contributed by atoms with Crippen LogP contribution in [0.25, 0.3) is 0 Å². The fourth-order valence-electron chi connectivity index (χ4n) is 3.20. The van der Waals surface area contributed by atoms with Crippen LogP contribution in [0.1, 0.15) is 23.6 Å². The molecule has 1 N–H and O–H groups in total. The van der Waals surface area contributed by atoms with Crippen molar-refractivity contribution in [2.75, 3.05) is 13.2 Å². The molecule has 4 rings (SSSR count). The highest BCUT2D eigenvalue weighted by molar-refractivity contribution is 8.00. The largest absolute Gasteiger partial charge is 0.493 e. The van der Waals surface area contributed by atoms with Crippen LogP contribution < -0.4 is 10.1 Å². The Balaban J connectivity index is 1.41. The van der Waals surface area contributed by atoms with Gasteiger partial charge in [-0.3, -0.25) is 0 Å². The van der Waals surface area contributed by atoms with E-state index >= 15 is 0 Å². The Morgan fingerprint density at radius 1 is 1.10 bits per heavy atom. The van der Waals surface area contributed by atoms with Gasteiger partial charge in [0.2, 0.25) is 0 Å². The van der Waals surface area contributed by atoms with Crippen molar-refractivity contribution in [2.45, 2.75) is 29.0 Å². The van der Waals surface area contributed by atoms with Crippen LogP contribution in [0.2, 0.25) is 0 Å². The molecule has 2 aliphatic rings. The predicted octanol–water partition coefficient (Wildman–Crippen LogP) is 3.82. The van der Waals surface area contributed by atoms with Crippen LogP contribution in [0.4, 0.5) is 0 Å². The van der Waals surface area contributed by atoms with E-state index in [1.807, 2.05) is 17.8 Å². The van der Waals surface area contributed by atoms with Gasteiger partial charge in [-0.05, 0) is 24.1 Å². The summed E-state index contributed by atoms with van der Waals surface area (Å²) in [5.74, 6) is 1.05. The molecule has 2 aromatic carbocycles. The molecule has 0 spiro atoms. The first kappa shape index (κ1) is 13.2. The van der Waals surface area contributed by atoms with Crippen molar-refractivity contribution in [3.8, 4) is 5.75 Å². The Morgan fingerprint density at radius 3 is 2.90 bits per heavy atom. The second-order valence-electron chi connectivity index (χ2n) is 5.69. The lowest BCUT2D eigenvalue weighted by molar-refractivity contribution is 0.253. The molecular formula is C18H19NOS. The summed E-state index contributed by atoms with van der Waals surface area (Å²) in [4.78, 5) is 1.46. The Labute approximate surface area is 129 Å². The number of rotatable bonds is 3. The summed E-state index contributed by atoms with van der Waals surface area (Å²) in [5.41, 5.74) is 2.81. The third-order valence-electron chi connectivity index (χ3n) is 4.26. The molecular weight excluding hydrogens is 278 g/mol. The number of benzene rings is 2. The van der Waals surface area contributed by atoms with Gasteiger partial charge in [0.05, 0.1) is 6.61 Å². The normalized spacial score (nSPS) is 23.2. The Bertz CT molecular complexity index is 618. The van der Waals surface area contributed by atoms with Crippen LogP contribution in [0, 0.1) is 0 Å². The van der Waals surface area contributed by atoms with Crippen LogP contribution >= 0.6 is 11.8 Å². The van der Waals surface area contributed by atoms with E-state index in [1.54, 1.807) is 0 Å². The van der Waals surface area contributed by atoms with E-state index in [9.17, 15) is 0 Å². The molecule has 2 heterocycles. The smallest absolute Gasteiger partial charge is 0.124 e. The minimum Gasteiger partial charge on any atom is -0.493 e. The fraction of sp³-hybridized carbons (Fsp3) is 0.333. The monoisotopic (exact) mass is 297 g/mol. The Hall–Kier alpha value is -1.45. The van der Waals surface area contributed by atoms with Crippen molar-refractivity contribution in [2.24, 2.45) is 0 Å². The maximum atomic E-state index is 5.73. The summed E-state index contributed by atoms with van der Waals surface area (Å²) in [6.45, 7) is 1.87.